The lowest BCUT2D eigenvalue weighted by Crippen LogP contribution is -2.38. The number of hydrogen-bond acceptors (Lipinski definition) is 4. The number of nitrogens with zero attached hydrogens (tertiary/aromatic N) is 4. The number of rotatable bonds is 8. The number of nitrogens with one attached hydrogen (secondary N) is 2. The fraction of sp³-hybridized carbons (Fsp3) is 0.381. The van der Waals surface area contributed by atoms with Crippen LogP contribution in [0.3, 0.4) is 0 Å². The van der Waals surface area contributed by atoms with Crippen LogP contribution in [-0.2, 0) is 13.1 Å². The van der Waals surface area contributed by atoms with Gasteiger partial charge in [-0.15, -0.1) is 24.0 Å². The van der Waals surface area contributed by atoms with Crippen molar-refractivity contribution in [1.29, 1.82) is 0 Å². The predicted octanol–water partition coefficient (Wildman–Crippen LogP) is 3.51. The lowest BCUT2D eigenvalue weighted by Gasteiger charge is -2.12. The van der Waals surface area contributed by atoms with Crippen molar-refractivity contribution in [3.63, 3.8) is 0 Å². The van der Waals surface area contributed by atoms with Crippen LogP contribution in [0.5, 0.6) is 5.88 Å². The van der Waals surface area contributed by atoms with Crippen LogP contribution in [0.4, 0.5) is 0 Å². The van der Waals surface area contributed by atoms with Gasteiger partial charge in [-0.05, 0) is 38.5 Å². The molecule has 0 aliphatic heterocycles. The van der Waals surface area contributed by atoms with Crippen LogP contribution in [0.1, 0.15) is 24.9 Å². The maximum absolute atomic E-state index is 5.17. The van der Waals surface area contributed by atoms with Crippen LogP contribution < -0.4 is 15.4 Å². The number of aromatic nitrogens is 3. The monoisotopic (exact) mass is 508 g/mol. The summed E-state index contributed by atoms with van der Waals surface area (Å²) in [6, 6.07) is 14.0. The zero-order valence-corrected chi connectivity index (χ0v) is 19.5. The molecule has 8 heteroatoms. The molecule has 29 heavy (non-hydrogen) atoms. The van der Waals surface area contributed by atoms with Crippen molar-refractivity contribution in [2.24, 2.45) is 4.99 Å². The summed E-state index contributed by atoms with van der Waals surface area (Å²) in [5.41, 5.74) is 3.11. The first kappa shape index (κ1) is 22.9. The molecular formula is C21H29IN6O. The highest BCUT2D eigenvalue weighted by atomic mass is 127. The fourth-order valence-corrected chi connectivity index (χ4v) is 3.08. The number of halogens is 1. The van der Waals surface area contributed by atoms with Crippen LogP contribution in [0.2, 0.25) is 0 Å². The summed E-state index contributed by atoms with van der Waals surface area (Å²) in [5.74, 6) is 2.44. The molecule has 2 aromatic heterocycles. The minimum absolute atomic E-state index is 0. The molecule has 7 nitrogen and oxygen atoms in total. The molecule has 3 rings (SSSR count). The first-order valence-corrected chi connectivity index (χ1v) is 9.65. The summed E-state index contributed by atoms with van der Waals surface area (Å²) < 4.78 is 7.43. The third kappa shape index (κ3) is 6.31. The Balaban J connectivity index is 0.00000300. The lowest BCUT2D eigenvalue weighted by atomic mass is 10.3. The van der Waals surface area contributed by atoms with E-state index in [1.54, 1.807) is 7.11 Å². The number of pyridine rings is 1. The average molecular weight is 508 g/mol. The Labute approximate surface area is 189 Å². The van der Waals surface area contributed by atoms with Crippen molar-refractivity contribution >= 4 is 41.0 Å². The van der Waals surface area contributed by atoms with Gasteiger partial charge in [0.25, 0.3) is 0 Å². The summed E-state index contributed by atoms with van der Waals surface area (Å²) in [6.07, 6.45) is 0.975. The van der Waals surface area contributed by atoms with Gasteiger partial charge in [-0.25, -0.2) is 15.0 Å². The topological polar surface area (TPSA) is 76.4 Å². The van der Waals surface area contributed by atoms with E-state index in [1.807, 2.05) is 24.3 Å². The molecule has 0 saturated carbocycles. The third-order valence-electron chi connectivity index (χ3n) is 4.43. The van der Waals surface area contributed by atoms with Gasteiger partial charge >= 0.3 is 0 Å². The smallest absolute Gasteiger partial charge is 0.213 e. The molecule has 0 spiro atoms. The maximum Gasteiger partial charge on any atom is 0.213 e. The Hall–Kier alpha value is -2.36. The highest BCUT2D eigenvalue weighted by Crippen LogP contribution is 2.15. The minimum atomic E-state index is 0. The van der Waals surface area contributed by atoms with E-state index in [0.717, 1.165) is 49.0 Å². The van der Waals surface area contributed by atoms with Gasteiger partial charge in [0.15, 0.2) is 5.96 Å². The largest absolute Gasteiger partial charge is 0.481 e. The molecule has 1 aromatic carbocycles. The second-order valence-electron chi connectivity index (χ2n) is 6.45. The van der Waals surface area contributed by atoms with E-state index >= 15 is 0 Å². The predicted molar refractivity (Wildman–Crippen MR) is 128 cm³/mol. The molecule has 0 radical (unpaired) electrons. The maximum atomic E-state index is 5.17. The van der Waals surface area contributed by atoms with E-state index in [1.165, 1.54) is 5.52 Å². The molecule has 156 valence electrons. The quantitative estimate of drug-likeness (QED) is 0.211. The lowest BCUT2D eigenvalue weighted by molar-refractivity contribution is 0.396. The zero-order valence-electron chi connectivity index (χ0n) is 17.2. The van der Waals surface area contributed by atoms with Gasteiger partial charge < -0.3 is 19.9 Å². The summed E-state index contributed by atoms with van der Waals surface area (Å²) in [5, 5.41) is 6.67. The number of imidazole rings is 1. The Kier molecular flexibility index (Phi) is 9.17. The van der Waals surface area contributed by atoms with Crippen molar-refractivity contribution < 1.29 is 4.74 Å². The highest BCUT2D eigenvalue weighted by molar-refractivity contribution is 14.0. The van der Waals surface area contributed by atoms with Crippen LogP contribution in [0, 0.1) is 6.92 Å². The molecule has 2 heterocycles. The van der Waals surface area contributed by atoms with Gasteiger partial charge in [0.2, 0.25) is 5.88 Å². The van der Waals surface area contributed by atoms with E-state index in [9.17, 15) is 0 Å². The number of para-hydroxylation sites is 2. The van der Waals surface area contributed by atoms with Gasteiger partial charge in [-0.2, -0.15) is 0 Å². The van der Waals surface area contributed by atoms with Crippen molar-refractivity contribution in [1.82, 2.24) is 25.2 Å². The number of ether oxygens (including phenoxy) is 1. The van der Waals surface area contributed by atoms with Crippen LogP contribution in [-0.4, -0.2) is 40.7 Å². The van der Waals surface area contributed by atoms with Gasteiger partial charge in [0.05, 0.1) is 30.4 Å². The van der Waals surface area contributed by atoms with E-state index in [0.29, 0.717) is 12.4 Å². The second kappa shape index (κ2) is 11.6. The minimum Gasteiger partial charge on any atom is -0.481 e. The van der Waals surface area contributed by atoms with Gasteiger partial charge in [-0.1, -0.05) is 18.2 Å². The van der Waals surface area contributed by atoms with Crippen molar-refractivity contribution in [2.45, 2.75) is 33.4 Å². The van der Waals surface area contributed by atoms with E-state index in [2.05, 4.69) is 62.2 Å². The first-order chi connectivity index (χ1) is 13.7. The molecule has 3 aromatic rings. The highest BCUT2D eigenvalue weighted by Gasteiger charge is 2.06. The number of aliphatic imine (C=N–C) groups is 1. The summed E-state index contributed by atoms with van der Waals surface area (Å²) in [4.78, 5) is 13.6. The summed E-state index contributed by atoms with van der Waals surface area (Å²) in [6.45, 7) is 7.15. The van der Waals surface area contributed by atoms with Gasteiger partial charge in [-0.3, -0.25) is 0 Å². The average Bonchev–Trinajstić information content (AvgIpc) is 3.04. The summed E-state index contributed by atoms with van der Waals surface area (Å²) >= 11 is 0. The third-order valence-corrected chi connectivity index (χ3v) is 4.43. The van der Waals surface area contributed by atoms with Crippen molar-refractivity contribution in [2.75, 3.05) is 20.2 Å². The fourth-order valence-electron chi connectivity index (χ4n) is 3.08. The molecule has 0 saturated heterocycles. The van der Waals surface area contributed by atoms with Crippen LogP contribution in [0.25, 0.3) is 11.0 Å². The number of hydrogen-bond donors (Lipinski definition) is 2. The Morgan fingerprint density at radius 2 is 1.93 bits per heavy atom. The summed E-state index contributed by atoms with van der Waals surface area (Å²) in [7, 11) is 1.62. The molecule has 0 amide bonds. The normalized spacial score (nSPS) is 11.2. The van der Waals surface area contributed by atoms with Crippen LogP contribution in [0.15, 0.2) is 47.5 Å². The standard InChI is InChI=1S/C21H28N6O.HI/c1-4-22-21(24-15-17-9-7-12-20(26-17)28-3)23-13-8-14-27-16(2)25-18-10-5-6-11-19(18)27;/h5-7,9-12H,4,8,13-15H2,1-3H3,(H2,22,23,24);1H. The van der Waals surface area contributed by atoms with Crippen LogP contribution >= 0.6 is 24.0 Å². The van der Waals surface area contributed by atoms with E-state index < -0.39 is 0 Å². The number of methoxy groups -OCH3 is 1. The molecule has 0 bridgehead atoms. The van der Waals surface area contributed by atoms with Gasteiger partial charge in [0.1, 0.15) is 5.82 Å². The van der Waals surface area contributed by atoms with Crippen molar-refractivity contribution in [3.8, 4) is 5.88 Å². The Morgan fingerprint density at radius 3 is 2.72 bits per heavy atom. The molecule has 0 unspecified atom stereocenters. The molecular weight excluding hydrogens is 479 g/mol. The van der Waals surface area contributed by atoms with Gasteiger partial charge in [0, 0.05) is 25.7 Å². The number of aryl methyl sites for hydroxylation is 2. The Morgan fingerprint density at radius 1 is 1.10 bits per heavy atom. The number of fused-ring (bicyclic) bond motifs is 1. The van der Waals surface area contributed by atoms with Crippen molar-refractivity contribution in [3.05, 3.63) is 54.0 Å². The number of benzene rings is 1. The number of guanidine groups is 1. The molecule has 0 aliphatic carbocycles. The molecule has 0 atom stereocenters. The van der Waals surface area contributed by atoms with E-state index in [4.69, 9.17) is 4.74 Å². The SMILES string of the molecule is CCNC(=NCc1cccc(OC)n1)NCCCn1c(C)nc2ccccc21.I. The first-order valence-electron chi connectivity index (χ1n) is 9.65. The Bertz CT molecular complexity index is 940. The second-order valence-corrected chi connectivity index (χ2v) is 6.45. The zero-order chi connectivity index (χ0) is 19.8. The molecule has 0 fully saturated rings. The van der Waals surface area contributed by atoms with E-state index in [-0.39, 0.29) is 24.0 Å². The molecule has 2 N–H and O–H groups in total. The molecule has 0 aliphatic rings.